The summed E-state index contributed by atoms with van der Waals surface area (Å²) in [6.07, 6.45) is 6.73. The topological polar surface area (TPSA) is 35.8 Å². The molecule has 77 valence electrons. The first-order valence-corrected chi connectivity index (χ1v) is 4.42. The van der Waals surface area contributed by atoms with Crippen LogP contribution in [-0.2, 0) is 32.7 Å². The van der Waals surface area contributed by atoms with Gasteiger partial charge in [0, 0.05) is 38.9 Å². The average molecular weight is 263 g/mol. The summed E-state index contributed by atoms with van der Waals surface area (Å²) in [6, 6.07) is 0. The summed E-state index contributed by atoms with van der Waals surface area (Å²) in [6.45, 7) is 1.90. The molecule has 0 aromatic rings. The zero-order chi connectivity index (χ0) is 9.82. The third-order valence-electron chi connectivity index (χ3n) is 0.618. The van der Waals surface area contributed by atoms with Crippen molar-refractivity contribution in [2.24, 2.45) is 5.16 Å². The Morgan fingerprint density at radius 2 is 1.54 bits per heavy atom. The Morgan fingerprint density at radius 1 is 1.23 bits per heavy atom. The summed E-state index contributed by atoms with van der Waals surface area (Å²) in [7, 11) is 6.00. The predicted molar refractivity (Wildman–Crippen MR) is 54.0 cm³/mol. The van der Waals surface area contributed by atoms with Crippen molar-refractivity contribution in [3.05, 3.63) is 0 Å². The molecule has 0 spiro atoms. The normalized spacial score (nSPS) is 12.1. The third kappa shape index (κ3) is 111. The molecular weight excluding hydrogens is 241 g/mol. The SMILES string of the molecule is C1CC1.CCC=NO.CN(C)C.[Y]. The van der Waals surface area contributed by atoms with Crippen LogP contribution in [0, 0.1) is 0 Å². The Balaban J connectivity index is -0.000000113. The second-order valence-electron chi connectivity index (χ2n) is 3.11. The van der Waals surface area contributed by atoms with Crippen LogP contribution in [0.25, 0.3) is 0 Å². The van der Waals surface area contributed by atoms with Crippen molar-refractivity contribution >= 4 is 6.21 Å². The van der Waals surface area contributed by atoms with E-state index in [1.807, 2.05) is 33.0 Å². The molecule has 1 fully saturated rings. The second kappa shape index (κ2) is 18.3. The molecule has 4 heteroatoms. The molecule has 3 nitrogen and oxygen atoms in total. The molecule has 1 N–H and O–H groups in total. The molecule has 0 amide bonds. The largest absolute Gasteiger partial charge is 0.411 e. The quantitative estimate of drug-likeness (QED) is 0.447. The van der Waals surface area contributed by atoms with Crippen LogP contribution < -0.4 is 0 Å². The van der Waals surface area contributed by atoms with Gasteiger partial charge in [-0.05, 0) is 27.6 Å². The molecule has 0 saturated heterocycles. The standard InChI is InChI=1S/C3H7NO.C3H9N.C3H6.Y/c1-2-3-4-5;1-4(2)3;1-2-3-1;/h3,5H,2H2,1H3;1-3H3;1-3H2;. The summed E-state index contributed by atoms with van der Waals surface area (Å²) < 4.78 is 0. The van der Waals surface area contributed by atoms with E-state index in [4.69, 9.17) is 5.21 Å². The first-order chi connectivity index (χ1) is 5.65. The molecule has 13 heavy (non-hydrogen) atoms. The predicted octanol–water partition coefficient (Wildman–Crippen LogP) is 2.20. The van der Waals surface area contributed by atoms with E-state index in [1.54, 1.807) is 0 Å². The summed E-state index contributed by atoms with van der Waals surface area (Å²) in [5.41, 5.74) is 0. The van der Waals surface area contributed by atoms with Gasteiger partial charge >= 0.3 is 0 Å². The minimum Gasteiger partial charge on any atom is -0.411 e. The van der Waals surface area contributed by atoms with Gasteiger partial charge in [0.15, 0.2) is 0 Å². The first kappa shape index (κ1) is 19.2. The Kier molecular flexibility index (Phi) is 27.0. The van der Waals surface area contributed by atoms with E-state index in [2.05, 4.69) is 5.16 Å². The zero-order valence-corrected chi connectivity index (χ0v) is 12.2. The van der Waals surface area contributed by atoms with Gasteiger partial charge in [0.1, 0.15) is 0 Å². The van der Waals surface area contributed by atoms with Crippen molar-refractivity contribution < 1.29 is 37.9 Å². The van der Waals surface area contributed by atoms with Crippen molar-refractivity contribution in [1.82, 2.24) is 4.90 Å². The molecule has 1 saturated carbocycles. The van der Waals surface area contributed by atoms with Gasteiger partial charge in [-0.2, -0.15) is 0 Å². The molecule has 1 aliphatic carbocycles. The van der Waals surface area contributed by atoms with Crippen molar-refractivity contribution in [3.63, 3.8) is 0 Å². The molecule has 0 bridgehead atoms. The van der Waals surface area contributed by atoms with Crippen molar-refractivity contribution in [2.75, 3.05) is 21.1 Å². The second-order valence-corrected chi connectivity index (χ2v) is 3.11. The number of rotatable bonds is 1. The zero-order valence-electron chi connectivity index (χ0n) is 9.32. The van der Waals surface area contributed by atoms with Gasteiger partial charge in [-0.15, -0.1) is 5.16 Å². The first-order valence-electron chi connectivity index (χ1n) is 4.42. The van der Waals surface area contributed by atoms with Gasteiger partial charge in [-0.25, -0.2) is 0 Å². The fourth-order valence-electron chi connectivity index (χ4n) is 0.0816. The van der Waals surface area contributed by atoms with Crippen LogP contribution >= 0.6 is 0 Å². The Bertz CT molecular complexity index is 90.1. The Hall–Kier alpha value is 0.534. The average Bonchev–Trinajstić information content (AvgIpc) is 2.71. The number of nitrogens with zero attached hydrogens (tertiary/aromatic N) is 2. The molecule has 0 aliphatic heterocycles. The van der Waals surface area contributed by atoms with Crippen LogP contribution in [0.1, 0.15) is 32.6 Å². The van der Waals surface area contributed by atoms with Crippen molar-refractivity contribution in [1.29, 1.82) is 0 Å². The molecule has 0 aromatic heterocycles. The van der Waals surface area contributed by atoms with Gasteiger partial charge in [-0.3, -0.25) is 0 Å². The van der Waals surface area contributed by atoms with Crippen LogP contribution in [0.4, 0.5) is 0 Å². The smallest absolute Gasteiger partial charge is 0.0433 e. The van der Waals surface area contributed by atoms with Crippen molar-refractivity contribution in [3.8, 4) is 0 Å². The van der Waals surface area contributed by atoms with E-state index >= 15 is 0 Å². The molecule has 0 unspecified atom stereocenters. The van der Waals surface area contributed by atoms with E-state index in [0.717, 1.165) is 6.42 Å². The van der Waals surface area contributed by atoms with E-state index in [0.29, 0.717) is 0 Å². The van der Waals surface area contributed by atoms with Gasteiger partial charge < -0.3 is 10.1 Å². The summed E-state index contributed by atoms with van der Waals surface area (Å²) in [5, 5.41) is 10.4. The fourth-order valence-corrected chi connectivity index (χ4v) is 0.0816. The molecule has 1 aliphatic rings. The van der Waals surface area contributed by atoms with Crippen LogP contribution in [0.2, 0.25) is 0 Å². The Morgan fingerprint density at radius 3 is 1.54 bits per heavy atom. The van der Waals surface area contributed by atoms with Crippen LogP contribution in [-0.4, -0.2) is 37.5 Å². The van der Waals surface area contributed by atoms with Crippen LogP contribution in [0.15, 0.2) is 5.16 Å². The van der Waals surface area contributed by atoms with Gasteiger partial charge in [0.25, 0.3) is 0 Å². The van der Waals surface area contributed by atoms with E-state index in [1.165, 1.54) is 25.5 Å². The van der Waals surface area contributed by atoms with Gasteiger partial charge in [0.2, 0.25) is 0 Å². The fraction of sp³-hybridized carbons (Fsp3) is 0.889. The minimum absolute atomic E-state index is 0. The van der Waals surface area contributed by atoms with E-state index in [9.17, 15) is 0 Å². The number of hydrogen-bond donors (Lipinski definition) is 1. The van der Waals surface area contributed by atoms with Crippen LogP contribution in [0.5, 0.6) is 0 Å². The maximum absolute atomic E-state index is 7.64. The maximum atomic E-state index is 7.64. The number of hydrogen-bond acceptors (Lipinski definition) is 3. The monoisotopic (exact) mass is 263 g/mol. The molecule has 0 heterocycles. The summed E-state index contributed by atoms with van der Waals surface area (Å²) >= 11 is 0. The van der Waals surface area contributed by atoms with Gasteiger partial charge in [0.05, 0.1) is 0 Å². The summed E-state index contributed by atoms with van der Waals surface area (Å²) in [4.78, 5) is 2.00. The molecular formula is C9H22N2OY. The maximum Gasteiger partial charge on any atom is 0.0433 e. The molecule has 1 rings (SSSR count). The molecule has 1 radical (unpaired) electrons. The van der Waals surface area contributed by atoms with E-state index in [-0.39, 0.29) is 32.7 Å². The molecule has 0 atom stereocenters. The summed E-state index contributed by atoms with van der Waals surface area (Å²) in [5.74, 6) is 0. The van der Waals surface area contributed by atoms with E-state index < -0.39 is 0 Å². The molecule has 0 aromatic carbocycles. The number of oxime groups is 1. The van der Waals surface area contributed by atoms with Gasteiger partial charge in [-0.1, -0.05) is 26.2 Å². The third-order valence-corrected chi connectivity index (χ3v) is 0.618. The Labute approximate surface area is 107 Å². The van der Waals surface area contributed by atoms with Crippen molar-refractivity contribution in [2.45, 2.75) is 32.6 Å². The minimum atomic E-state index is 0. The van der Waals surface area contributed by atoms with Crippen LogP contribution in [0.3, 0.4) is 0 Å².